The van der Waals surface area contributed by atoms with Crippen molar-refractivity contribution in [1.29, 1.82) is 5.26 Å². The molecule has 3 N–H and O–H groups in total. The molecule has 0 aromatic heterocycles. The minimum absolute atomic E-state index is 0.0943. The standard InChI is InChI=1S/C18H23N3O6/c1-11(2)6-13(18(24)25)21-16(22)9-20-17(23)10-27-14-5-4-12(8-19)7-15(14)26-3/h4-5,7,11,13H,6,9-10H2,1-3H3,(H,20,23)(H,21,22)(H,24,25)/t13-/m0/s1. The first-order valence-electron chi connectivity index (χ1n) is 8.26. The average Bonchev–Trinajstić information content (AvgIpc) is 2.63. The zero-order valence-electron chi connectivity index (χ0n) is 15.4. The summed E-state index contributed by atoms with van der Waals surface area (Å²) in [5, 5.41) is 22.7. The van der Waals surface area contributed by atoms with Crippen molar-refractivity contribution < 1.29 is 29.0 Å². The van der Waals surface area contributed by atoms with E-state index >= 15 is 0 Å². The molecule has 2 amide bonds. The molecule has 9 nitrogen and oxygen atoms in total. The Hall–Kier alpha value is -3.28. The molecule has 1 atom stereocenters. The molecule has 146 valence electrons. The Kier molecular flexibility index (Phi) is 8.59. The number of aliphatic carboxylic acids is 1. The van der Waals surface area contributed by atoms with E-state index in [1.807, 2.05) is 19.9 Å². The van der Waals surface area contributed by atoms with Crippen molar-refractivity contribution in [2.24, 2.45) is 5.92 Å². The molecule has 0 bridgehead atoms. The van der Waals surface area contributed by atoms with Crippen LogP contribution in [0.25, 0.3) is 0 Å². The van der Waals surface area contributed by atoms with Gasteiger partial charge >= 0.3 is 5.97 Å². The van der Waals surface area contributed by atoms with Gasteiger partial charge in [0.05, 0.1) is 25.3 Å². The van der Waals surface area contributed by atoms with Crippen LogP contribution in [0.2, 0.25) is 0 Å². The van der Waals surface area contributed by atoms with E-state index in [1.165, 1.54) is 25.3 Å². The highest BCUT2D eigenvalue weighted by atomic mass is 16.5. The summed E-state index contributed by atoms with van der Waals surface area (Å²) in [6.45, 7) is 2.95. The zero-order valence-corrected chi connectivity index (χ0v) is 15.4. The van der Waals surface area contributed by atoms with Crippen LogP contribution >= 0.6 is 0 Å². The first-order chi connectivity index (χ1) is 12.8. The molecule has 0 aliphatic carbocycles. The lowest BCUT2D eigenvalue weighted by atomic mass is 10.0. The second kappa shape index (κ2) is 10.7. The van der Waals surface area contributed by atoms with Crippen LogP contribution < -0.4 is 20.1 Å². The molecule has 0 spiro atoms. The fourth-order valence-electron chi connectivity index (χ4n) is 2.17. The van der Waals surface area contributed by atoms with E-state index in [9.17, 15) is 14.4 Å². The molecule has 1 aromatic carbocycles. The lowest BCUT2D eigenvalue weighted by molar-refractivity contribution is -0.142. The maximum absolute atomic E-state index is 11.8. The molecular formula is C18H23N3O6. The average molecular weight is 377 g/mol. The maximum atomic E-state index is 11.8. The predicted octanol–water partition coefficient (Wildman–Crippen LogP) is 0.677. The Morgan fingerprint density at radius 1 is 1.22 bits per heavy atom. The Balaban J connectivity index is 2.48. The SMILES string of the molecule is COc1cc(C#N)ccc1OCC(=O)NCC(=O)N[C@@H](CC(C)C)C(=O)O. The summed E-state index contributed by atoms with van der Waals surface area (Å²) in [6, 6.07) is 5.45. The fourth-order valence-corrected chi connectivity index (χ4v) is 2.17. The lowest BCUT2D eigenvalue weighted by Crippen LogP contribution is -2.46. The van der Waals surface area contributed by atoms with E-state index in [1.54, 1.807) is 0 Å². The van der Waals surface area contributed by atoms with Crippen molar-refractivity contribution in [3.8, 4) is 17.6 Å². The van der Waals surface area contributed by atoms with E-state index in [0.717, 1.165) is 0 Å². The molecule has 0 heterocycles. The van der Waals surface area contributed by atoms with Crippen molar-refractivity contribution in [3.63, 3.8) is 0 Å². The van der Waals surface area contributed by atoms with Crippen LogP contribution in [0.3, 0.4) is 0 Å². The van der Waals surface area contributed by atoms with Crippen molar-refractivity contribution in [1.82, 2.24) is 10.6 Å². The van der Waals surface area contributed by atoms with Gasteiger partial charge in [0.15, 0.2) is 18.1 Å². The highest BCUT2D eigenvalue weighted by Crippen LogP contribution is 2.27. The largest absolute Gasteiger partial charge is 0.493 e. The topological polar surface area (TPSA) is 138 Å². The number of carbonyl (C=O) groups is 3. The van der Waals surface area contributed by atoms with Crippen LogP contribution in [0.4, 0.5) is 0 Å². The summed E-state index contributed by atoms with van der Waals surface area (Å²) in [4.78, 5) is 34.7. The van der Waals surface area contributed by atoms with Crippen LogP contribution in [0.5, 0.6) is 11.5 Å². The number of nitrogens with one attached hydrogen (secondary N) is 2. The Labute approximate surface area is 157 Å². The number of amides is 2. The summed E-state index contributed by atoms with van der Waals surface area (Å²) in [7, 11) is 1.41. The minimum atomic E-state index is -1.13. The van der Waals surface area contributed by atoms with Crippen LogP contribution in [0, 0.1) is 17.2 Å². The summed E-state index contributed by atoms with van der Waals surface area (Å²) in [5.41, 5.74) is 0.384. The number of ether oxygens (including phenoxy) is 2. The maximum Gasteiger partial charge on any atom is 0.326 e. The summed E-state index contributed by atoms with van der Waals surface area (Å²) in [5.74, 6) is -1.62. The van der Waals surface area contributed by atoms with Gasteiger partial charge in [0, 0.05) is 6.07 Å². The van der Waals surface area contributed by atoms with Gasteiger partial charge in [-0.25, -0.2) is 4.79 Å². The first kappa shape index (κ1) is 21.8. The van der Waals surface area contributed by atoms with Gasteiger partial charge in [0.1, 0.15) is 6.04 Å². The van der Waals surface area contributed by atoms with Gasteiger partial charge in [0.25, 0.3) is 5.91 Å². The Bertz CT molecular complexity index is 726. The molecule has 0 radical (unpaired) electrons. The number of nitrogens with zero attached hydrogens (tertiary/aromatic N) is 1. The number of hydrogen-bond acceptors (Lipinski definition) is 6. The Morgan fingerprint density at radius 3 is 2.48 bits per heavy atom. The Morgan fingerprint density at radius 2 is 1.93 bits per heavy atom. The number of carboxylic acid groups (broad SMARTS) is 1. The number of carboxylic acids is 1. The van der Waals surface area contributed by atoms with Crippen molar-refractivity contribution in [2.75, 3.05) is 20.3 Å². The highest BCUT2D eigenvalue weighted by molar-refractivity contribution is 5.88. The number of hydrogen-bond donors (Lipinski definition) is 3. The van der Waals surface area contributed by atoms with Crippen LogP contribution in [0.15, 0.2) is 18.2 Å². The zero-order chi connectivity index (χ0) is 20.4. The third kappa shape index (κ3) is 7.64. The van der Waals surface area contributed by atoms with Crippen LogP contribution in [-0.2, 0) is 14.4 Å². The van der Waals surface area contributed by atoms with Gasteiger partial charge in [-0.3, -0.25) is 9.59 Å². The molecule has 1 aromatic rings. The molecule has 9 heteroatoms. The first-order valence-corrected chi connectivity index (χ1v) is 8.26. The molecular weight excluding hydrogens is 354 g/mol. The van der Waals surface area contributed by atoms with E-state index in [2.05, 4.69) is 10.6 Å². The van der Waals surface area contributed by atoms with Gasteiger partial charge in [0.2, 0.25) is 5.91 Å². The van der Waals surface area contributed by atoms with Gasteiger partial charge in [-0.05, 0) is 24.5 Å². The monoisotopic (exact) mass is 377 g/mol. The van der Waals surface area contributed by atoms with Gasteiger partial charge in [-0.15, -0.1) is 0 Å². The number of benzene rings is 1. The van der Waals surface area contributed by atoms with E-state index < -0.39 is 23.8 Å². The van der Waals surface area contributed by atoms with E-state index in [4.69, 9.17) is 19.8 Å². The van der Waals surface area contributed by atoms with E-state index in [0.29, 0.717) is 11.3 Å². The highest BCUT2D eigenvalue weighted by Gasteiger charge is 2.21. The number of rotatable bonds is 10. The smallest absolute Gasteiger partial charge is 0.326 e. The van der Waals surface area contributed by atoms with Crippen molar-refractivity contribution in [2.45, 2.75) is 26.3 Å². The molecule has 0 aliphatic heterocycles. The molecule has 0 saturated carbocycles. The fraction of sp³-hybridized carbons (Fsp3) is 0.444. The second-order valence-electron chi connectivity index (χ2n) is 6.13. The summed E-state index contributed by atoms with van der Waals surface area (Å²) >= 11 is 0. The van der Waals surface area contributed by atoms with Crippen molar-refractivity contribution in [3.05, 3.63) is 23.8 Å². The molecule has 0 aliphatic rings. The van der Waals surface area contributed by atoms with E-state index in [-0.39, 0.29) is 31.2 Å². The van der Waals surface area contributed by atoms with Crippen LogP contribution in [0.1, 0.15) is 25.8 Å². The van der Waals surface area contributed by atoms with Crippen molar-refractivity contribution >= 4 is 17.8 Å². The predicted molar refractivity (Wildman–Crippen MR) is 95.2 cm³/mol. The summed E-state index contributed by atoms with van der Waals surface area (Å²) < 4.78 is 10.4. The third-order valence-electron chi connectivity index (χ3n) is 3.44. The number of carbonyl (C=O) groups excluding carboxylic acids is 2. The normalized spacial score (nSPS) is 11.2. The number of methoxy groups -OCH3 is 1. The molecule has 0 unspecified atom stereocenters. The minimum Gasteiger partial charge on any atom is -0.493 e. The number of nitriles is 1. The van der Waals surface area contributed by atoms with Gasteiger partial charge in [-0.1, -0.05) is 13.8 Å². The molecule has 1 rings (SSSR count). The third-order valence-corrected chi connectivity index (χ3v) is 3.44. The van der Waals surface area contributed by atoms with Gasteiger partial charge in [-0.2, -0.15) is 5.26 Å². The van der Waals surface area contributed by atoms with Crippen LogP contribution in [-0.4, -0.2) is 49.2 Å². The second-order valence-corrected chi connectivity index (χ2v) is 6.13. The molecule has 0 fully saturated rings. The quantitative estimate of drug-likeness (QED) is 0.545. The summed E-state index contributed by atoms with van der Waals surface area (Å²) in [6.07, 6.45) is 0.288. The lowest BCUT2D eigenvalue weighted by Gasteiger charge is -2.16. The molecule has 27 heavy (non-hydrogen) atoms. The molecule has 0 saturated heterocycles. The van der Waals surface area contributed by atoms with Gasteiger partial charge < -0.3 is 25.2 Å².